The van der Waals surface area contributed by atoms with Gasteiger partial charge in [0.1, 0.15) is 18.1 Å². The molecule has 0 N–H and O–H groups in total. The Balaban J connectivity index is 1.91. The van der Waals surface area contributed by atoms with E-state index in [0.717, 1.165) is 16.9 Å². The molecule has 0 heterocycles. The standard InChI is InChI=1S/C23H17Cl2NO2/c1-27-21-9-6-16(7-10-21)19(14-26)12-18-13-20(24)8-11-23(18)28-15-17-4-2-3-5-22(17)25/h2-13H,15H2,1H3/b19-12+. The first kappa shape index (κ1) is 19.8. The lowest BCUT2D eigenvalue weighted by Crippen LogP contribution is -1.98. The van der Waals surface area contributed by atoms with E-state index in [1.807, 2.05) is 48.5 Å². The molecule has 0 aliphatic carbocycles. The van der Waals surface area contributed by atoms with Gasteiger partial charge in [-0.05, 0) is 60.2 Å². The Morgan fingerprint density at radius 3 is 2.46 bits per heavy atom. The molecule has 28 heavy (non-hydrogen) atoms. The minimum absolute atomic E-state index is 0.312. The van der Waals surface area contributed by atoms with Crippen LogP contribution in [0, 0.1) is 11.3 Å². The molecule has 140 valence electrons. The summed E-state index contributed by atoms with van der Waals surface area (Å²) in [5.41, 5.74) is 2.87. The highest BCUT2D eigenvalue weighted by molar-refractivity contribution is 6.31. The molecule has 0 bridgehead atoms. The van der Waals surface area contributed by atoms with Crippen molar-refractivity contribution in [3.63, 3.8) is 0 Å². The van der Waals surface area contributed by atoms with E-state index in [-0.39, 0.29) is 0 Å². The van der Waals surface area contributed by atoms with Crippen molar-refractivity contribution in [1.29, 1.82) is 5.26 Å². The van der Waals surface area contributed by atoms with Crippen LogP contribution in [-0.2, 0) is 6.61 Å². The van der Waals surface area contributed by atoms with Gasteiger partial charge in [-0.2, -0.15) is 5.26 Å². The summed E-state index contributed by atoms with van der Waals surface area (Å²) in [5.74, 6) is 1.35. The number of ether oxygens (including phenoxy) is 2. The Morgan fingerprint density at radius 1 is 1.04 bits per heavy atom. The maximum atomic E-state index is 9.63. The number of methoxy groups -OCH3 is 1. The average molecular weight is 410 g/mol. The highest BCUT2D eigenvalue weighted by Crippen LogP contribution is 2.29. The van der Waals surface area contributed by atoms with E-state index in [1.165, 1.54) is 0 Å². The molecule has 0 radical (unpaired) electrons. The summed E-state index contributed by atoms with van der Waals surface area (Å²) in [7, 11) is 1.60. The molecule has 3 aromatic rings. The van der Waals surface area contributed by atoms with Crippen molar-refractivity contribution in [3.05, 3.63) is 93.5 Å². The topological polar surface area (TPSA) is 42.2 Å². The molecule has 0 aliphatic heterocycles. The molecule has 0 amide bonds. The number of benzene rings is 3. The lowest BCUT2D eigenvalue weighted by Gasteiger charge is -2.11. The molecule has 0 unspecified atom stereocenters. The van der Waals surface area contributed by atoms with E-state index < -0.39 is 0 Å². The Hall–Kier alpha value is -2.93. The van der Waals surface area contributed by atoms with Gasteiger partial charge in [-0.25, -0.2) is 0 Å². The SMILES string of the molecule is COc1ccc(/C(C#N)=C/c2cc(Cl)ccc2OCc2ccccc2Cl)cc1. The first-order chi connectivity index (χ1) is 13.6. The monoisotopic (exact) mass is 409 g/mol. The molecular formula is C23H17Cl2NO2. The first-order valence-electron chi connectivity index (χ1n) is 8.52. The predicted molar refractivity (Wildman–Crippen MR) is 114 cm³/mol. The van der Waals surface area contributed by atoms with Crippen molar-refractivity contribution in [2.75, 3.05) is 7.11 Å². The third-order valence-corrected chi connectivity index (χ3v) is 4.74. The summed E-state index contributed by atoms with van der Waals surface area (Å²) in [5, 5.41) is 10.8. The number of allylic oxidation sites excluding steroid dienone is 1. The van der Waals surface area contributed by atoms with Crippen molar-refractivity contribution in [2.45, 2.75) is 6.61 Å². The molecule has 0 atom stereocenters. The fraction of sp³-hybridized carbons (Fsp3) is 0.0870. The van der Waals surface area contributed by atoms with Gasteiger partial charge in [0.2, 0.25) is 0 Å². The average Bonchev–Trinajstić information content (AvgIpc) is 2.72. The summed E-state index contributed by atoms with van der Waals surface area (Å²) >= 11 is 12.4. The number of hydrogen-bond donors (Lipinski definition) is 0. The van der Waals surface area contributed by atoms with Crippen LogP contribution in [0.25, 0.3) is 11.6 Å². The van der Waals surface area contributed by atoms with Gasteiger partial charge in [0.25, 0.3) is 0 Å². The predicted octanol–water partition coefficient (Wildman–Crippen LogP) is 6.65. The molecule has 5 heteroatoms. The Morgan fingerprint density at radius 2 is 1.79 bits per heavy atom. The van der Waals surface area contributed by atoms with E-state index in [1.54, 1.807) is 31.4 Å². The molecule has 0 saturated heterocycles. The second kappa shape index (κ2) is 9.32. The van der Waals surface area contributed by atoms with Crippen molar-refractivity contribution >= 4 is 34.9 Å². The highest BCUT2D eigenvalue weighted by atomic mass is 35.5. The summed E-state index contributed by atoms with van der Waals surface area (Å²) in [6.07, 6.45) is 1.76. The number of hydrogen-bond acceptors (Lipinski definition) is 3. The summed E-state index contributed by atoms with van der Waals surface area (Å²) < 4.78 is 11.1. The van der Waals surface area contributed by atoms with E-state index in [0.29, 0.717) is 33.5 Å². The molecule has 0 fully saturated rings. The minimum Gasteiger partial charge on any atom is -0.497 e. The quantitative estimate of drug-likeness (QED) is 0.338. The lowest BCUT2D eigenvalue weighted by atomic mass is 10.0. The zero-order valence-electron chi connectivity index (χ0n) is 15.2. The Kier molecular flexibility index (Phi) is 6.60. The van der Waals surface area contributed by atoms with Crippen LogP contribution in [-0.4, -0.2) is 7.11 Å². The number of nitriles is 1. The van der Waals surface area contributed by atoms with Crippen LogP contribution in [0.4, 0.5) is 0 Å². The van der Waals surface area contributed by atoms with Crippen molar-refractivity contribution in [2.24, 2.45) is 0 Å². The minimum atomic E-state index is 0.312. The fourth-order valence-electron chi connectivity index (χ4n) is 2.64. The van der Waals surface area contributed by atoms with Gasteiger partial charge in [0, 0.05) is 21.2 Å². The maximum absolute atomic E-state index is 9.63. The van der Waals surface area contributed by atoms with Gasteiger partial charge < -0.3 is 9.47 Å². The van der Waals surface area contributed by atoms with Crippen LogP contribution in [0.15, 0.2) is 66.7 Å². The van der Waals surface area contributed by atoms with Crippen molar-refractivity contribution < 1.29 is 9.47 Å². The van der Waals surface area contributed by atoms with Gasteiger partial charge in [-0.3, -0.25) is 0 Å². The van der Waals surface area contributed by atoms with E-state index in [9.17, 15) is 5.26 Å². The summed E-state index contributed by atoms with van der Waals surface area (Å²) in [4.78, 5) is 0. The van der Waals surface area contributed by atoms with E-state index in [4.69, 9.17) is 32.7 Å². The smallest absolute Gasteiger partial charge is 0.127 e. The van der Waals surface area contributed by atoms with Crippen LogP contribution in [0.2, 0.25) is 10.0 Å². The Bertz CT molecular complexity index is 1040. The number of nitrogens with zero attached hydrogens (tertiary/aromatic N) is 1. The molecule has 0 aliphatic rings. The van der Waals surface area contributed by atoms with Gasteiger partial charge in [-0.15, -0.1) is 0 Å². The lowest BCUT2D eigenvalue weighted by molar-refractivity contribution is 0.305. The summed E-state index contributed by atoms with van der Waals surface area (Å²) in [6.45, 7) is 0.312. The van der Waals surface area contributed by atoms with Crippen LogP contribution in [0.1, 0.15) is 16.7 Å². The third kappa shape index (κ3) is 4.86. The molecule has 0 spiro atoms. The molecular weight excluding hydrogens is 393 g/mol. The highest BCUT2D eigenvalue weighted by Gasteiger charge is 2.08. The van der Waals surface area contributed by atoms with Crippen LogP contribution in [0.3, 0.4) is 0 Å². The van der Waals surface area contributed by atoms with Crippen LogP contribution >= 0.6 is 23.2 Å². The van der Waals surface area contributed by atoms with E-state index in [2.05, 4.69) is 6.07 Å². The van der Waals surface area contributed by atoms with Gasteiger partial charge in [-0.1, -0.05) is 41.4 Å². The molecule has 3 rings (SSSR count). The van der Waals surface area contributed by atoms with Gasteiger partial charge in [0.05, 0.1) is 18.8 Å². The second-order valence-electron chi connectivity index (χ2n) is 5.96. The molecule has 3 aromatic carbocycles. The zero-order valence-corrected chi connectivity index (χ0v) is 16.7. The first-order valence-corrected chi connectivity index (χ1v) is 9.28. The number of rotatable bonds is 6. The zero-order chi connectivity index (χ0) is 19.9. The van der Waals surface area contributed by atoms with E-state index >= 15 is 0 Å². The maximum Gasteiger partial charge on any atom is 0.127 e. The van der Waals surface area contributed by atoms with Gasteiger partial charge >= 0.3 is 0 Å². The molecule has 0 saturated carbocycles. The second-order valence-corrected chi connectivity index (χ2v) is 6.80. The van der Waals surface area contributed by atoms with Gasteiger partial charge in [0.15, 0.2) is 0 Å². The fourth-order valence-corrected chi connectivity index (χ4v) is 3.01. The Labute approximate surface area is 174 Å². The van der Waals surface area contributed by atoms with Crippen molar-refractivity contribution in [1.82, 2.24) is 0 Å². The third-order valence-electron chi connectivity index (χ3n) is 4.13. The number of halogens is 2. The van der Waals surface area contributed by atoms with Crippen molar-refractivity contribution in [3.8, 4) is 17.6 Å². The normalized spacial score (nSPS) is 11.0. The van der Waals surface area contributed by atoms with Crippen LogP contribution < -0.4 is 9.47 Å². The largest absolute Gasteiger partial charge is 0.497 e. The molecule has 0 aromatic heterocycles. The molecule has 3 nitrogen and oxygen atoms in total. The van der Waals surface area contributed by atoms with Crippen LogP contribution in [0.5, 0.6) is 11.5 Å². The summed E-state index contributed by atoms with van der Waals surface area (Å²) in [6, 6.07) is 22.3.